The van der Waals surface area contributed by atoms with Crippen LogP contribution in [0, 0.1) is 0 Å². The van der Waals surface area contributed by atoms with E-state index >= 15 is 0 Å². The van der Waals surface area contributed by atoms with E-state index in [2.05, 4.69) is 15.6 Å². The third-order valence-corrected chi connectivity index (χ3v) is 3.76. The fourth-order valence-electron chi connectivity index (χ4n) is 2.56. The lowest BCUT2D eigenvalue weighted by atomic mass is 10.2. The van der Waals surface area contributed by atoms with Crippen molar-refractivity contribution in [2.24, 2.45) is 0 Å². The molecule has 1 aromatic heterocycles. The van der Waals surface area contributed by atoms with E-state index < -0.39 is 0 Å². The number of morpholine rings is 1. The Morgan fingerprint density at radius 3 is 3.00 bits per heavy atom. The predicted molar refractivity (Wildman–Crippen MR) is 85.7 cm³/mol. The summed E-state index contributed by atoms with van der Waals surface area (Å²) in [5.74, 6) is 1.16. The third kappa shape index (κ3) is 4.18. The summed E-state index contributed by atoms with van der Waals surface area (Å²) in [6.45, 7) is 3.92. The Labute approximate surface area is 135 Å². The maximum atomic E-state index is 12.1. The quantitative estimate of drug-likeness (QED) is 0.881. The van der Waals surface area contributed by atoms with Gasteiger partial charge in [-0.05, 0) is 6.92 Å². The lowest BCUT2D eigenvalue weighted by Gasteiger charge is -2.23. The molecule has 23 heavy (non-hydrogen) atoms. The summed E-state index contributed by atoms with van der Waals surface area (Å²) in [6.07, 6.45) is 2.07. The first kappa shape index (κ1) is 15.7. The van der Waals surface area contributed by atoms with Crippen LogP contribution in [-0.2, 0) is 9.53 Å². The number of benzene rings is 1. The molecule has 6 heteroatoms. The number of carbonyl (C=O) groups excluding carboxylic acids is 1. The number of rotatable bonds is 5. The number of aromatic nitrogens is 1. The number of amides is 1. The van der Waals surface area contributed by atoms with Crippen LogP contribution in [-0.4, -0.2) is 36.7 Å². The molecule has 0 saturated carbocycles. The molecule has 1 aliphatic rings. The molecule has 0 aliphatic carbocycles. The van der Waals surface area contributed by atoms with Gasteiger partial charge in [-0.25, -0.2) is 4.98 Å². The van der Waals surface area contributed by atoms with Crippen molar-refractivity contribution < 1.29 is 13.9 Å². The molecule has 0 radical (unpaired) electrons. The van der Waals surface area contributed by atoms with Crippen molar-refractivity contribution in [3.63, 3.8) is 0 Å². The summed E-state index contributed by atoms with van der Waals surface area (Å²) in [5.41, 5.74) is 0.966. The fraction of sp³-hybridized carbons (Fsp3) is 0.412. The first-order valence-corrected chi connectivity index (χ1v) is 7.84. The maximum absolute atomic E-state index is 12.1. The second-order valence-electron chi connectivity index (χ2n) is 5.65. The van der Waals surface area contributed by atoms with Crippen molar-refractivity contribution in [1.29, 1.82) is 0 Å². The minimum atomic E-state index is -0.274. The van der Waals surface area contributed by atoms with Gasteiger partial charge >= 0.3 is 0 Å². The highest BCUT2D eigenvalue weighted by Gasteiger charge is 2.20. The summed E-state index contributed by atoms with van der Waals surface area (Å²) >= 11 is 0. The Kier molecular flexibility index (Phi) is 5.05. The molecule has 2 atom stereocenters. The van der Waals surface area contributed by atoms with Gasteiger partial charge in [-0.15, -0.1) is 0 Å². The smallest absolute Gasteiger partial charge is 0.222 e. The first-order chi connectivity index (χ1) is 11.2. The summed E-state index contributed by atoms with van der Waals surface area (Å²) in [4.78, 5) is 16.4. The van der Waals surface area contributed by atoms with Crippen LogP contribution in [0.25, 0.3) is 11.3 Å². The van der Waals surface area contributed by atoms with Gasteiger partial charge in [0.1, 0.15) is 6.04 Å². The number of ether oxygens (including phenoxy) is 1. The minimum Gasteiger partial charge on any atom is -0.438 e. The molecule has 1 aromatic carbocycles. The predicted octanol–water partition coefficient (Wildman–Crippen LogP) is 1.90. The largest absolute Gasteiger partial charge is 0.438 e. The second-order valence-corrected chi connectivity index (χ2v) is 5.65. The van der Waals surface area contributed by atoms with E-state index in [0.29, 0.717) is 31.3 Å². The van der Waals surface area contributed by atoms with Crippen LogP contribution in [0.1, 0.15) is 25.3 Å². The van der Waals surface area contributed by atoms with Crippen molar-refractivity contribution in [2.45, 2.75) is 25.4 Å². The highest BCUT2D eigenvalue weighted by atomic mass is 16.5. The van der Waals surface area contributed by atoms with E-state index in [4.69, 9.17) is 9.15 Å². The SMILES string of the molecule is CC(NC(=O)CC1COCCN1)c1ncc(-c2ccccc2)o1. The Hall–Kier alpha value is -2.18. The summed E-state index contributed by atoms with van der Waals surface area (Å²) < 4.78 is 11.1. The van der Waals surface area contributed by atoms with Gasteiger partial charge in [-0.2, -0.15) is 0 Å². The molecular weight excluding hydrogens is 294 g/mol. The highest BCUT2D eigenvalue weighted by Crippen LogP contribution is 2.22. The van der Waals surface area contributed by atoms with E-state index in [0.717, 1.165) is 12.1 Å². The van der Waals surface area contributed by atoms with Crippen LogP contribution >= 0.6 is 0 Å². The molecule has 6 nitrogen and oxygen atoms in total. The molecule has 0 bridgehead atoms. The standard InChI is InChI=1S/C17H21N3O3/c1-12(20-16(21)9-14-11-22-8-7-18-14)17-19-10-15(23-17)13-5-3-2-4-6-13/h2-6,10,12,14,18H,7-9,11H2,1H3,(H,20,21). The molecule has 2 N–H and O–H groups in total. The lowest BCUT2D eigenvalue weighted by Crippen LogP contribution is -2.44. The Balaban J connectivity index is 1.56. The van der Waals surface area contributed by atoms with Gasteiger partial charge < -0.3 is 19.8 Å². The number of nitrogens with zero attached hydrogens (tertiary/aromatic N) is 1. The average molecular weight is 315 g/mol. The maximum Gasteiger partial charge on any atom is 0.222 e. The van der Waals surface area contributed by atoms with Crippen LogP contribution in [0.3, 0.4) is 0 Å². The topological polar surface area (TPSA) is 76.4 Å². The number of carbonyl (C=O) groups is 1. The van der Waals surface area contributed by atoms with Gasteiger partial charge in [0.15, 0.2) is 5.76 Å². The lowest BCUT2D eigenvalue weighted by molar-refractivity contribution is -0.123. The van der Waals surface area contributed by atoms with Crippen LogP contribution < -0.4 is 10.6 Å². The zero-order chi connectivity index (χ0) is 16.1. The van der Waals surface area contributed by atoms with Gasteiger partial charge in [0.25, 0.3) is 0 Å². The average Bonchev–Trinajstić information content (AvgIpc) is 3.06. The molecule has 3 rings (SSSR count). The molecule has 1 fully saturated rings. The zero-order valence-electron chi connectivity index (χ0n) is 13.1. The summed E-state index contributed by atoms with van der Waals surface area (Å²) in [6, 6.07) is 9.56. The molecule has 1 aliphatic heterocycles. The van der Waals surface area contributed by atoms with Crippen LogP contribution in [0.4, 0.5) is 0 Å². The zero-order valence-corrected chi connectivity index (χ0v) is 13.1. The Bertz CT molecular complexity index is 636. The molecule has 2 aromatic rings. The Morgan fingerprint density at radius 2 is 2.26 bits per heavy atom. The van der Waals surface area contributed by atoms with Crippen molar-refractivity contribution >= 4 is 5.91 Å². The number of oxazole rings is 1. The van der Waals surface area contributed by atoms with Crippen LogP contribution in [0.2, 0.25) is 0 Å². The van der Waals surface area contributed by atoms with Crippen LogP contribution in [0.5, 0.6) is 0 Å². The summed E-state index contributed by atoms with van der Waals surface area (Å²) in [7, 11) is 0. The number of hydrogen-bond donors (Lipinski definition) is 2. The first-order valence-electron chi connectivity index (χ1n) is 7.84. The van der Waals surface area contributed by atoms with Crippen molar-refractivity contribution in [3.05, 3.63) is 42.4 Å². The van der Waals surface area contributed by atoms with E-state index in [9.17, 15) is 4.79 Å². The normalized spacial score (nSPS) is 19.3. The van der Waals surface area contributed by atoms with Gasteiger partial charge in [-0.1, -0.05) is 30.3 Å². The van der Waals surface area contributed by atoms with E-state index in [1.54, 1.807) is 6.20 Å². The van der Waals surface area contributed by atoms with Crippen molar-refractivity contribution in [2.75, 3.05) is 19.8 Å². The number of hydrogen-bond acceptors (Lipinski definition) is 5. The van der Waals surface area contributed by atoms with Crippen LogP contribution in [0.15, 0.2) is 40.9 Å². The van der Waals surface area contributed by atoms with Crippen molar-refractivity contribution in [3.8, 4) is 11.3 Å². The Morgan fingerprint density at radius 1 is 1.43 bits per heavy atom. The molecule has 122 valence electrons. The van der Waals surface area contributed by atoms with Gasteiger partial charge in [-0.3, -0.25) is 4.79 Å². The van der Waals surface area contributed by atoms with E-state index in [-0.39, 0.29) is 18.0 Å². The second kappa shape index (κ2) is 7.39. The van der Waals surface area contributed by atoms with Crippen molar-refractivity contribution in [1.82, 2.24) is 15.6 Å². The third-order valence-electron chi connectivity index (χ3n) is 3.76. The van der Waals surface area contributed by atoms with Gasteiger partial charge in [0.05, 0.1) is 19.4 Å². The number of nitrogens with one attached hydrogen (secondary N) is 2. The van der Waals surface area contributed by atoms with E-state index in [1.807, 2.05) is 37.3 Å². The van der Waals surface area contributed by atoms with Gasteiger partial charge in [0, 0.05) is 24.6 Å². The highest BCUT2D eigenvalue weighted by molar-refractivity contribution is 5.77. The molecule has 1 saturated heterocycles. The molecule has 2 unspecified atom stereocenters. The molecule has 1 amide bonds. The molecule has 2 heterocycles. The van der Waals surface area contributed by atoms with Gasteiger partial charge in [0.2, 0.25) is 11.8 Å². The molecule has 0 spiro atoms. The monoisotopic (exact) mass is 315 g/mol. The fourth-order valence-corrected chi connectivity index (χ4v) is 2.56. The minimum absolute atomic E-state index is 0.0417. The summed E-state index contributed by atoms with van der Waals surface area (Å²) in [5, 5.41) is 6.18. The van der Waals surface area contributed by atoms with E-state index in [1.165, 1.54) is 0 Å². The molecular formula is C17H21N3O3.